The number of amides is 1. The largest absolute Gasteiger partial charge is 0.457 e. The number of carbonyl (C=O) groups is 1. The lowest BCUT2D eigenvalue weighted by atomic mass is 10.1. The SMILES string of the molecule is N=C1/C(=C/c2ccc(-c3cccc(Cl)c3)o2)C(=O)N=C2SC(Cc3ccccc3)=NN12. The van der Waals surface area contributed by atoms with Crippen molar-refractivity contribution < 1.29 is 9.21 Å². The Bertz CT molecular complexity index is 1290. The zero-order chi connectivity index (χ0) is 21.4. The fourth-order valence-electron chi connectivity index (χ4n) is 3.24. The summed E-state index contributed by atoms with van der Waals surface area (Å²) in [7, 11) is 0. The summed E-state index contributed by atoms with van der Waals surface area (Å²) in [6.45, 7) is 0. The molecule has 1 amide bonds. The van der Waals surface area contributed by atoms with Gasteiger partial charge in [-0.1, -0.05) is 54.1 Å². The smallest absolute Gasteiger partial charge is 0.283 e. The van der Waals surface area contributed by atoms with Gasteiger partial charge in [-0.25, -0.2) is 0 Å². The van der Waals surface area contributed by atoms with Crippen LogP contribution in [0.2, 0.25) is 5.02 Å². The third kappa shape index (κ3) is 3.97. The molecule has 5 rings (SSSR count). The molecule has 0 saturated carbocycles. The minimum absolute atomic E-state index is 0.0220. The van der Waals surface area contributed by atoms with Crippen LogP contribution >= 0.6 is 23.4 Å². The van der Waals surface area contributed by atoms with E-state index in [2.05, 4.69) is 10.1 Å². The highest BCUT2D eigenvalue weighted by Crippen LogP contribution is 2.31. The van der Waals surface area contributed by atoms with Crippen LogP contribution in [0.4, 0.5) is 0 Å². The van der Waals surface area contributed by atoms with Gasteiger partial charge in [0.2, 0.25) is 5.17 Å². The second kappa shape index (κ2) is 8.02. The van der Waals surface area contributed by atoms with Gasteiger partial charge in [0, 0.05) is 17.0 Å². The fraction of sp³-hybridized carbons (Fsp3) is 0.0435. The molecule has 0 fully saturated rings. The van der Waals surface area contributed by atoms with Crippen LogP contribution in [0.3, 0.4) is 0 Å². The van der Waals surface area contributed by atoms with Crippen LogP contribution in [-0.4, -0.2) is 27.0 Å². The van der Waals surface area contributed by atoms with E-state index in [1.807, 2.05) is 42.5 Å². The van der Waals surface area contributed by atoms with Gasteiger partial charge in [0.25, 0.3) is 5.91 Å². The first-order valence-corrected chi connectivity index (χ1v) is 10.6. The second-order valence-corrected chi connectivity index (χ2v) is 8.37. The molecular weight excluding hydrogens is 432 g/mol. The van der Waals surface area contributed by atoms with Crippen LogP contribution in [-0.2, 0) is 11.2 Å². The minimum atomic E-state index is -0.486. The maximum atomic E-state index is 12.6. The molecule has 2 aliphatic heterocycles. The van der Waals surface area contributed by atoms with E-state index in [-0.39, 0.29) is 11.4 Å². The predicted molar refractivity (Wildman–Crippen MR) is 124 cm³/mol. The van der Waals surface area contributed by atoms with Gasteiger partial charge < -0.3 is 4.42 Å². The first-order valence-electron chi connectivity index (χ1n) is 9.45. The number of hydrogen-bond donors (Lipinski definition) is 1. The molecule has 0 atom stereocenters. The minimum Gasteiger partial charge on any atom is -0.457 e. The van der Waals surface area contributed by atoms with Gasteiger partial charge in [-0.3, -0.25) is 10.2 Å². The number of halogens is 1. The quantitative estimate of drug-likeness (QED) is 0.539. The normalized spacial score (nSPS) is 17.1. The lowest BCUT2D eigenvalue weighted by molar-refractivity contribution is -0.114. The maximum Gasteiger partial charge on any atom is 0.283 e. The highest BCUT2D eigenvalue weighted by Gasteiger charge is 2.35. The summed E-state index contributed by atoms with van der Waals surface area (Å²) in [6.07, 6.45) is 2.14. The summed E-state index contributed by atoms with van der Waals surface area (Å²) in [5, 5.41) is 16.2. The van der Waals surface area contributed by atoms with Crippen molar-refractivity contribution in [3.63, 3.8) is 0 Å². The van der Waals surface area contributed by atoms with Gasteiger partial charge in [0.1, 0.15) is 16.6 Å². The Kier molecular flexibility index (Phi) is 5.05. The number of carbonyl (C=O) groups excluding carboxylic acids is 1. The predicted octanol–water partition coefficient (Wildman–Crippen LogP) is 5.46. The molecule has 31 heavy (non-hydrogen) atoms. The molecule has 8 heteroatoms. The summed E-state index contributed by atoms with van der Waals surface area (Å²) < 4.78 is 5.84. The molecule has 152 valence electrons. The van der Waals surface area contributed by atoms with E-state index >= 15 is 0 Å². The number of thioether (sulfide) groups is 1. The van der Waals surface area contributed by atoms with E-state index in [0.29, 0.717) is 28.1 Å². The van der Waals surface area contributed by atoms with Crippen molar-refractivity contribution in [3.05, 3.63) is 88.6 Å². The summed E-state index contributed by atoms with van der Waals surface area (Å²) >= 11 is 7.36. The summed E-state index contributed by atoms with van der Waals surface area (Å²) in [5.41, 5.74) is 2.06. The maximum absolute atomic E-state index is 12.6. The first-order chi connectivity index (χ1) is 15.1. The fourth-order valence-corrected chi connectivity index (χ4v) is 4.35. The molecule has 3 aromatic rings. The van der Waals surface area contributed by atoms with Crippen molar-refractivity contribution in [2.45, 2.75) is 6.42 Å². The molecule has 0 unspecified atom stereocenters. The summed E-state index contributed by atoms with van der Waals surface area (Å²) in [4.78, 5) is 16.7. The molecule has 0 radical (unpaired) electrons. The van der Waals surface area contributed by atoms with Crippen molar-refractivity contribution in [2.24, 2.45) is 10.1 Å². The number of aliphatic imine (C=N–C) groups is 1. The molecule has 0 bridgehead atoms. The first kappa shape index (κ1) is 19.5. The zero-order valence-corrected chi connectivity index (χ0v) is 17.7. The zero-order valence-electron chi connectivity index (χ0n) is 16.1. The third-order valence-corrected chi connectivity index (χ3v) is 5.86. The van der Waals surface area contributed by atoms with Gasteiger partial charge >= 0.3 is 0 Å². The molecule has 0 aliphatic carbocycles. The van der Waals surface area contributed by atoms with E-state index in [1.54, 1.807) is 24.3 Å². The van der Waals surface area contributed by atoms with Crippen LogP contribution in [0.1, 0.15) is 11.3 Å². The van der Waals surface area contributed by atoms with Crippen molar-refractivity contribution >= 4 is 51.4 Å². The molecule has 3 heterocycles. The number of benzene rings is 2. The standard InChI is InChI=1S/C23H15ClN4O2S/c24-16-8-4-7-15(12-16)19-10-9-17(30-19)13-18-21(25)28-23(26-22(18)29)31-20(27-28)11-14-5-2-1-3-6-14/h1-10,12-13,25H,11H2/b18-13-,25-21?. The highest BCUT2D eigenvalue weighted by molar-refractivity contribution is 8.26. The Morgan fingerprint density at radius 1 is 1.10 bits per heavy atom. The van der Waals surface area contributed by atoms with Crippen LogP contribution in [0.15, 0.2) is 86.8 Å². The number of furan rings is 1. The molecular formula is C23H15ClN4O2S. The van der Waals surface area contributed by atoms with Gasteiger partial charge in [-0.15, -0.1) is 0 Å². The second-order valence-electron chi connectivity index (χ2n) is 6.89. The van der Waals surface area contributed by atoms with Gasteiger partial charge in [-0.05, 0) is 47.7 Å². The van der Waals surface area contributed by atoms with Gasteiger partial charge in [-0.2, -0.15) is 15.1 Å². The van der Waals surface area contributed by atoms with Crippen LogP contribution in [0.5, 0.6) is 0 Å². The molecule has 0 spiro atoms. The van der Waals surface area contributed by atoms with E-state index in [0.717, 1.165) is 16.2 Å². The Labute approximate surface area is 187 Å². The average Bonchev–Trinajstić information content (AvgIpc) is 3.39. The van der Waals surface area contributed by atoms with Gasteiger partial charge in [0.15, 0.2) is 5.84 Å². The monoisotopic (exact) mass is 446 g/mol. The molecule has 2 aliphatic rings. The topological polar surface area (TPSA) is 82.0 Å². The molecule has 1 aromatic heterocycles. The van der Waals surface area contributed by atoms with Crippen molar-refractivity contribution in [2.75, 3.05) is 0 Å². The number of fused-ring (bicyclic) bond motifs is 1. The van der Waals surface area contributed by atoms with Crippen LogP contribution in [0.25, 0.3) is 17.4 Å². The van der Waals surface area contributed by atoms with Crippen molar-refractivity contribution in [1.82, 2.24) is 5.01 Å². The summed E-state index contributed by atoms with van der Waals surface area (Å²) in [6, 6.07) is 20.8. The van der Waals surface area contributed by atoms with Crippen LogP contribution in [0, 0.1) is 5.41 Å². The summed E-state index contributed by atoms with van der Waals surface area (Å²) in [5.74, 6) is 0.558. The van der Waals surface area contributed by atoms with E-state index < -0.39 is 5.91 Å². The Morgan fingerprint density at radius 3 is 2.74 bits per heavy atom. The number of hydrogen-bond acceptors (Lipinski definition) is 5. The number of nitrogens with one attached hydrogen (secondary N) is 1. The van der Waals surface area contributed by atoms with E-state index in [1.165, 1.54) is 22.8 Å². The number of amidine groups is 2. The third-order valence-electron chi connectivity index (χ3n) is 4.72. The lowest BCUT2D eigenvalue weighted by Crippen LogP contribution is -2.35. The Morgan fingerprint density at radius 2 is 1.94 bits per heavy atom. The Hall–Kier alpha value is -3.42. The number of hydrazone groups is 1. The molecule has 2 aromatic carbocycles. The number of nitrogens with zero attached hydrogens (tertiary/aromatic N) is 3. The van der Waals surface area contributed by atoms with Gasteiger partial charge in [0.05, 0.1) is 5.57 Å². The molecule has 6 nitrogen and oxygen atoms in total. The van der Waals surface area contributed by atoms with Crippen LogP contribution < -0.4 is 0 Å². The van der Waals surface area contributed by atoms with Crippen molar-refractivity contribution in [3.8, 4) is 11.3 Å². The average molecular weight is 447 g/mol. The highest BCUT2D eigenvalue weighted by atomic mass is 35.5. The van der Waals surface area contributed by atoms with E-state index in [9.17, 15) is 4.79 Å². The Balaban J connectivity index is 1.40. The lowest BCUT2D eigenvalue weighted by Gasteiger charge is -2.19. The molecule has 1 N–H and O–H groups in total. The van der Waals surface area contributed by atoms with E-state index in [4.69, 9.17) is 21.4 Å². The van der Waals surface area contributed by atoms with Crippen molar-refractivity contribution in [1.29, 1.82) is 5.41 Å². The molecule has 0 saturated heterocycles. The number of rotatable bonds is 4.